The predicted octanol–water partition coefficient (Wildman–Crippen LogP) is 2.22. The number of para-hydroxylation sites is 1. The van der Waals surface area contributed by atoms with E-state index in [0.717, 1.165) is 11.3 Å². The van der Waals surface area contributed by atoms with Crippen molar-refractivity contribution in [1.29, 1.82) is 0 Å². The summed E-state index contributed by atoms with van der Waals surface area (Å²) in [6.45, 7) is 8.16. The van der Waals surface area contributed by atoms with Crippen LogP contribution in [0.15, 0.2) is 24.3 Å². The van der Waals surface area contributed by atoms with Crippen molar-refractivity contribution >= 4 is 11.6 Å². The minimum atomic E-state index is -0.265. The highest BCUT2D eigenvalue weighted by atomic mass is 16.5. The number of morpholine rings is 1. The number of hydrogen-bond acceptors (Lipinski definition) is 3. The predicted molar refractivity (Wildman–Crippen MR) is 78.9 cm³/mol. The van der Waals surface area contributed by atoms with Gasteiger partial charge >= 0.3 is 0 Å². The van der Waals surface area contributed by atoms with Crippen molar-refractivity contribution in [2.75, 3.05) is 25.0 Å². The average molecular weight is 274 g/mol. The molecule has 3 rings (SSSR count). The van der Waals surface area contributed by atoms with Crippen LogP contribution in [-0.2, 0) is 9.53 Å². The summed E-state index contributed by atoms with van der Waals surface area (Å²) in [4.78, 5) is 14.8. The van der Waals surface area contributed by atoms with E-state index in [9.17, 15) is 4.79 Å². The number of nitrogens with one attached hydrogen (secondary N) is 1. The zero-order chi connectivity index (χ0) is 14.3. The number of amides is 1. The molecule has 0 aromatic heterocycles. The Morgan fingerprint density at radius 2 is 2.15 bits per heavy atom. The molecule has 4 heteroatoms. The van der Waals surface area contributed by atoms with Gasteiger partial charge in [-0.05, 0) is 32.4 Å². The number of benzene rings is 1. The standard InChI is InChI=1S/C16H22N2O2/c1-11-9-18(10-16(2,3)20-11)15(19)13-8-17-14-7-5-4-6-12(13)14/h4-7,11,13,17H,8-10H2,1-3H3. The summed E-state index contributed by atoms with van der Waals surface area (Å²) < 4.78 is 5.88. The molecule has 1 N–H and O–H groups in total. The molecule has 0 radical (unpaired) electrons. The van der Waals surface area contributed by atoms with Gasteiger partial charge in [0.2, 0.25) is 5.91 Å². The minimum absolute atomic E-state index is 0.0627. The smallest absolute Gasteiger partial charge is 0.232 e. The third-order valence-corrected chi connectivity index (χ3v) is 4.01. The van der Waals surface area contributed by atoms with Gasteiger partial charge in [-0.3, -0.25) is 4.79 Å². The van der Waals surface area contributed by atoms with Gasteiger partial charge in [0.1, 0.15) is 0 Å². The first-order chi connectivity index (χ1) is 9.46. The lowest BCUT2D eigenvalue weighted by Gasteiger charge is -2.42. The highest BCUT2D eigenvalue weighted by molar-refractivity contribution is 5.88. The summed E-state index contributed by atoms with van der Waals surface area (Å²) >= 11 is 0. The molecule has 108 valence electrons. The lowest BCUT2D eigenvalue weighted by molar-refractivity contribution is -0.159. The molecule has 2 aliphatic rings. The first-order valence-corrected chi connectivity index (χ1v) is 7.26. The van der Waals surface area contributed by atoms with Crippen LogP contribution < -0.4 is 5.32 Å². The Balaban J connectivity index is 1.80. The van der Waals surface area contributed by atoms with Gasteiger partial charge in [0, 0.05) is 25.3 Å². The Morgan fingerprint density at radius 1 is 1.40 bits per heavy atom. The molecule has 0 spiro atoms. The van der Waals surface area contributed by atoms with E-state index in [1.807, 2.05) is 49.9 Å². The van der Waals surface area contributed by atoms with Gasteiger partial charge in [-0.25, -0.2) is 0 Å². The Hall–Kier alpha value is -1.55. The van der Waals surface area contributed by atoms with Gasteiger partial charge in [0.15, 0.2) is 0 Å². The fourth-order valence-electron chi connectivity index (χ4n) is 3.35. The van der Waals surface area contributed by atoms with Crippen molar-refractivity contribution in [1.82, 2.24) is 4.90 Å². The first kappa shape index (κ1) is 13.4. The molecule has 0 saturated carbocycles. The summed E-state index contributed by atoms with van der Waals surface area (Å²) in [5.41, 5.74) is 1.94. The van der Waals surface area contributed by atoms with Crippen molar-refractivity contribution in [2.24, 2.45) is 0 Å². The SMILES string of the molecule is CC1CN(C(=O)C2CNc3ccccc32)CC(C)(C)O1. The molecule has 1 aromatic carbocycles. The summed E-state index contributed by atoms with van der Waals surface area (Å²) in [6.07, 6.45) is 0.0901. The highest BCUT2D eigenvalue weighted by Crippen LogP contribution is 2.33. The van der Waals surface area contributed by atoms with E-state index in [2.05, 4.69) is 5.32 Å². The number of nitrogens with zero attached hydrogens (tertiary/aromatic N) is 1. The van der Waals surface area contributed by atoms with E-state index in [4.69, 9.17) is 4.74 Å². The zero-order valence-electron chi connectivity index (χ0n) is 12.3. The average Bonchev–Trinajstić information content (AvgIpc) is 2.79. The summed E-state index contributed by atoms with van der Waals surface area (Å²) in [6, 6.07) is 8.08. The second-order valence-electron chi connectivity index (χ2n) is 6.43. The van der Waals surface area contributed by atoms with Gasteiger partial charge in [-0.2, -0.15) is 0 Å². The molecule has 1 amide bonds. The van der Waals surface area contributed by atoms with Crippen LogP contribution in [-0.4, -0.2) is 42.1 Å². The quantitative estimate of drug-likeness (QED) is 0.854. The molecule has 2 atom stereocenters. The van der Waals surface area contributed by atoms with E-state index in [1.165, 1.54) is 0 Å². The molecule has 0 bridgehead atoms. The van der Waals surface area contributed by atoms with Crippen LogP contribution in [0.2, 0.25) is 0 Å². The Bertz CT molecular complexity index is 527. The third kappa shape index (κ3) is 2.40. The molecule has 1 fully saturated rings. The van der Waals surface area contributed by atoms with Crippen LogP contribution in [0, 0.1) is 0 Å². The minimum Gasteiger partial charge on any atom is -0.384 e. The van der Waals surface area contributed by atoms with E-state index in [0.29, 0.717) is 19.6 Å². The van der Waals surface area contributed by atoms with Crippen LogP contribution in [0.4, 0.5) is 5.69 Å². The number of rotatable bonds is 1. The number of carbonyl (C=O) groups is 1. The Morgan fingerprint density at radius 3 is 2.90 bits per heavy atom. The van der Waals surface area contributed by atoms with Crippen molar-refractivity contribution in [3.8, 4) is 0 Å². The highest BCUT2D eigenvalue weighted by Gasteiger charge is 2.38. The number of ether oxygens (including phenoxy) is 1. The molecule has 4 nitrogen and oxygen atoms in total. The van der Waals surface area contributed by atoms with Gasteiger partial charge < -0.3 is 15.0 Å². The maximum atomic E-state index is 12.8. The molecule has 1 saturated heterocycles. The van der Waals surface area contributed by atoms with Crippen molar-refractivity contribution in [3.05, 3.63) is 29.8 Å². The van der Waals surface area contributed by atoms with Gasteiger partial charge in [-0.15, -0.1) is 0 Å². The molecular formula is C16H22N2O2. The Labute approximate surface area is 120 Å². The molecule has 20 heavy (non-hydrogen) atoms. The maximum Gasteiger partial charge on any atom is 0.232 e. The molecule has 1 aromatic rings. The first-order valence-electron chi connectivity index (χ1n) is 7.26. The molecular weight excluding hydrogens is 252 g/mol. The van der Waals surface area contributed by atoms with Crippen molar-refractivity contribution < 1.29 is 9.53 Å². The second-order valence-corrected chi connectivity index (χ2v) is 6.43. The monoisotopic (exact) mass is 274 g/mol. The maximum absolute atomic E-state index is 12.8. The van der Waals surface area contributed by atoms with Crippen LogP contribution >= 0.6 is 0 Å². The second kappa shape index (κ2) is 4.77. The summed E-state index contributed by atoms with van der Waals surface area (Å²) in [5.74, 6) is 0.151. The fourth-order valence-corrected chi connectivity index (χ4v) is 3.35. The Kier molecular flexibility index (Phi) is 3.21. The number of carbonyl (C=O) groups excluding carboxylic acids is 1. The fraction of sp³-hybridized carbons (Fsp3) is 0.562. The molecule has 2 unspecified atom stereocenters. The number of fused-ring (bicyclic) bond motifs is 1. The van der Waals surface area contributed by atoms with Crippen LogP contribution in [0.5, 0.6) is 0 Å². The third-order valence-electron chi connectivity index (χ3n) is 4.01. The van der Waals surface area contributed by atoms with Gasteiger partial charge in [-0.1, -0.05) is 18.2 Å². The lowest BCUT2D eigenvalue weighted by Crippen LogP contribution is -2.54. The van der Waals surface area contributed by atoms with Gasteiger partial charge in [0.25, 0.3) is 0 Å². The molecule has 2 heterocycles. The van der Waals surface area contributed by atoms with Crippen molar-refractivity contribution in [3.63, 3.8) is 0 Å². The summed E-state index contributed by atoms with van der Waals surface area (Å²) in [7, 11) is 0. The zero-order valence-corrected chi connectivity index (χ0v) is 12.3. The van der Waals surface area contributed by atoms with E-state index in [-0.39, 0.29) is 23.5 Å². The topological polar surface area (TPSA) is 41.6 Å². The van der Waals surface area contributed by atoms with Crippen molar-refractivity contribution in [2.45, 2.75) is 38.4 Å². The van der Waals surface area contributed by atoms with E-state index < -0.39 is 0 Å². The van der Waals surface area contributed by atoms with Crippen LogP contribution in [0.1, 0.15) is 32.3 Å². The normalized spacial score (nSPS) is 27.9. The largest absolute Gasteiger partial charge is 0.384 e. The molecule has 0 aliphatic carbocycles. The van der Waals surface area contributed by atoms with E-state index in [1.54, 1.807) is 0 Å². The lowest BCUT2D eigenvalue weighted by atomic mass is 9.97. The van der Waals surface area contributed by atoms with E-state index >= 15 is 0 Å². The van der Waals surface area contributed by atoms with Gasteiger partial charge in [0.05, 0.1) is 17.6 Å². The van der Waals surface area contributed by atoms with Crippen LogP contribution in [0.25, 0.3) is 0 Å². The number of anilines is 1. The summed E-state index contributed by atoms with van der Waals surface area (Å²) in [5, 5.41) is 3.32. The molecule has 2 aliphatic heterocycles. The van der Waals surface area contributed by atoms with Crippen LogP contribution in [0.3, 0.4) is 0 Å². The number of hydrogen-bond donors (Lipinski definition) is 1.